The molecule has 0 radical (unpaired) electrons. The summed E-state index contributed by atoms with van der Waals surface area (Å²) in [5.74, 6) is 0.891. The van der Waals surface area contributed by atoms with Crippen LogP contribution in [0.1, 0.15) is 34.9 Å². The van der Waals surface area contributed by atoms with Crippen molar-refractivity contribution in [1.29, 1.82) is 0 Å². The number of hydrogen-bond acceptors (Lipinski definition) is 3. The van der Waals surface area contributed by atoms with Crippen molar-refractivity contribution < 1.29 is 4.42 Å². The Morgan fingerprint density at radius 3 is 2.72 bits per heavy atom. The number of aromatic nitrogens is 2. The molecule has 0 unspecified atom stereocenters. The van der Waals surface area contributed by atoms with Gasteiger partial charge in [-0.25, -0.2) is 0 Å². The summed E-state index contributed by atoms with van der Waals surface area (Å²) < 4.78 is 7.77. The Hall–Kier alpha value is -2.60. The van der Waals surface area contributed by atoms with Gasteiger partial charge in [0.15, 0.2) is 5.11 Å². The van der Waals surface area contributed by atoms with Gasteiger partial charge in [0.05, 0.1) is 30.6 Å². The summed E-state index contributed by atoms with van der Waals surface area (Å²) in [6.07, 6.45) is 3.52. The molecule has 5 nitrogen and oxygen atoms in total. The summed E-state index contributed by atoms with van der Waals surface area (Å²) in [6.45, 7) is 2.73. The predicted octanol–water partition coefficient (Wildman–Crippen LogP) is 3.49. The van der Waals surface area contributed by atoms with Crippen LogP contribution in [0.25, 0.3) is 0 Å². The summed E-state index contributed by atoms with van der Waals surface area (Å²) in [4.78, 5) is 6.74. The van der Waals surface area contributed by atoms with Crippen LogP contribution in [-0.4, -0.2) is 19.6 Å². The third-order valence-electron chi connectivity index (χ3n) is 4.82. The molecule has 0 bridgehead atoms. The molecule has 0 saturated carbocycles. The van der Waals surface area contributed by atoms with Crippen LogP contribution in [0.4, 0.5) is 0 Å². The standard InChI is InChI=1S/C19H20N4OS/c1-13-8-9-16(22(13)2)18-17(15-7-3-4-10-20-15)21-19(25)23(18)12-14-6-5-11-24-14/h3-11,17-18H,12H2,1-2H3,(H,21,25)/t17-,18-/m1/s1. The molecular weight excluding hydrogens is 332 g/mol. The van der Waals surface area contributed by atoms with Gasteiger partial charge in [0.25, 0.3) is 0 Å². The van der Waals surface area contributed by atoms with Crippen molar-refractivity contribution in [3.8, 4) is 0 Å². The molecule has 1 aliphatic rings. The van der Waals surface area contributed by atoms with Crippen molar-refractivity contribution in [2.24, 2.45) is 7.05 Å². The fourth-order valence-corrected chi connectivity index (χ4v) is 3.70. The zero-order valence-corrected chi connectivity index (χ0v) is 15.0. The lowest BCUT2D eigenvalue weighted by Gasteiger charge is -2.27. The summed E-state index contributed by atoms with van der Waals surface area (Å²) in [5, 5.41) is 4.18. The SMILES string of the molecule is Cc1ccc([C@@H]2[C@@H](c3ccccn3)NC(=S)N2Cc2ccco2)n1C. The topological polar surface area (TPSA) is 46.2 Å². The Balaban J connectivity index is 1.77. The van der Waals surface area contributed by atoms with Crippen molar-refractivity contribution in [2.75, 3.05) is 0 Å². The highest BCUT2D eigenvalue weighted by Crippen LogP contribution is 2.39. The molecule has 0 aliphatic carbocycles. The summed E-state index contributed by atoms with van der Waals surface area (Å²) in [7, 11) is 2.09. The number of furan rings is 1. The molecule has 0 aromatic carbocycles. The average Bonchev–Trinajstić information content (AvgIpc) is 3.32. The second-order valence-corrected chi connectivity index (χ2v) is 6.68. The van der Waals surface area contributed by atoms with E-state index in [1.54, 1.807) is 6.26 Å². The van der Waals surface area contributed by atoms with Crippen molar-refractivity contribution in [3.05, 3.63) is 77.8 Å². The molecule has 6 heteroatoms. The van der Waals surface area contributed by atoms with Crippen LogP contribution in [0.5, 0.6) is 0 Å². The van der Waals surface area contributed by atoms with Crippen LogP contribution in [0, 0.1) is 6.92 Å². The molecule has 2 atom stereocenters. The minimum absolute atomic E-state index is 0.00309. The third kappa shape index (κ3) is 2.82. The lowest BCUT2D eigenvalue weighted by Crippen LogP contribution is -2.29. The molecule has 128 valence electrons. The molecule has 1 saturated heterocycles. The van der Waals surface area contributed by atoms with E-state index < -0.39 is 0 Å². The van der Waals surface area contributed by atoms with Crippen LogP contribution in [0.2, 0.25) is 0 Å². The Morgan fingerprint density at radius 1 is 1.20 bits per heavy atom. The molecule has 1 N–H and O–H groups in total. The first kappa shape index (κ1) is 15.9. The quantitative estimate of drug-likeness (QED) is 0.728. The number of rotatable bonds is 4. The molecule has 4 rings (SSSR count). The summed E-state index contributed by atoms with van der Waals surface area (Å²) in [6, 6.07) is 14.2. The summed E-state index contributed by atoms with van der Waals surface area (Å²) in [5.41, 5.74) is 3.40. The highest BCUT2D eigenvalue weighted by atomic mass is 32.1. The molecule has 0 spiro atoms. The molecule has 1 fully saturated rings. The smallest absolute Gasteiger partial charge is 0.170 e. The number of hydrogen-bond donors (Lipinski definition) is 1. The molecule has 25 heavy (non-hydrogen) atoms. The van der Waals surface area contributed by atoms with Gasteiger partial charge in [-0.05, 0) is 55.5 Å². The van der Waals surface area contributed by atoms with Crippen molar-refractivity contribution in [1.82, 2.24) is 19.8 Å². The normalized spacial score (nSPS) is 20.1. The van der Waals surface area contributed by atoms with E-state index in [0.29, 0.717) is 6.54 Å². The third-order valence-corrected chi connectivity index (χ3v) is 5.17. The van der Waals surface area contributed by atoms with Crippen LogP contribution in [0.15, 0.2) is 59.3 Å². The van der Waals surface area contributed by atoms with Gasteiger partial charge in [-0.2, -0.15) is 0 Å². The highest BCUT2D eigenvalue weighted by molar-refractivity contribution is 7.80. The molecule has 4 heterocycles. The fraction of sp³-hybridized carbons (Fsp3) is 0.263. The van der Waals surface area contributed by atoms with E-state index in [2.05, 4.69) is 45.9 Å². The van der Waals surface area contributed by atoms with Gasteiger partial charge in [0.1, 0.15) is 5.76 Å². The maximum atomic E-state index is 5.65. The van der Waals surface area contributed by atoms with Gasteiger partial charge in [-0.3, -0.25) is 4.98 Å². The first-order valence-corrected chi connectivity index (χ1v) is 8.68. The van der Waals surface area contributed by atoms with Crippen molar-refractivity contribution >= 4 is 17.3 Å². The number of aryl methyl sites for hydroxylation is 1. The zero-order chi connectivity index (χ0) is 17.4. The Labute approximate surface area is 152 Å². The second kappa shape index (κ2) is 6.37. The molecule has 3 aromatic heterocycles. The number of nitrogens with one attached hydrogen (secondary N) is 1. The van der Waals surface area contributed by atoms with E-state index in [1.807, 2.05) is 36.5 Å². The first-order chi connectivity index (χ1) is 12.1. The van der Waals surface area contributed by atoms with Crippen molar-refractivity contribution in [2.45, 2.75) is 25.6 Å². The zero-order valence-electron chi connectivity index (χ0n) is 14.2. The van der Waals surface area contributed by atoms with Gasteiger partial charge in [0, 0.05) is 24.6 Å². The maximum absolute atomic E-state index is 5.65. The second-order valence-electron chi connectivity index (χ2n) is 6.29. The number of pyridine rings is 1. The number of thiocarbonyl (C=S) groups is 1. The minimum atomic E-state index is -0.00309. The van der Waals surface area contributed by atoms with E-state index in [0.717, 1.165) is 16.6 Å². The number of nitrogens with zero attached hydrogens (tertiary/aromatic N) is 3. The van der Waals surface area contributed by atoms with Crippen LogP contribution >= 0.6 is 12.2 Å². The Bertz CT molecular complexity index is 872. The Kier molecular flexibility index (Phi) is 4.05. The van der Waals surface area contributed by atoms with E-state index >= 15 is 0 Å². The summed E-state index contributed by atoms with van der Waals surface area (Å²) >= 11 is 5.65. The monoisotopic (exact) mass is 352 g/mol. The van der Waals surface area contributed by atoms with Crippen LogP contribution in [-0.2, 0) is 13.6 Å². The van der Waals surface area contributed by atoms with E-state index in [4.69, 9.17) is 16.6 Å². The molecule has 3 aromatic rings. The van der Waals surface area contributed by atoms with Crippen LogP contribution < -0.4 is 5.32 Å². The molecule has 1 aliphatic heterocycles. The first-order valence-electron chi connectivity index (χ1n) is 8.28. The van der Waals surface area contributed by atoms with Gasteiger partial charge in [-0.1, -0.05) is 6.07 Å². The van der Waals surface area contributed by atoms with E-state index in [1.165, 1.54) is 11.4 Å². The largest absolute Gasteiger partial charge is 0.467 e. The van der Waals surface area contributed by atoms with Gasteiger partial charge in [-0.15, -0.1) is 0 Å². The highest BCUT2D eigenvalue weighted by Gasteiger charge is 2.41. The fourth-order valence-electron chi connectivity index (χ4n) is 3.40. The average molecular weight is 352 g/mol. The molecular formula is C19H20N4OS. The maximum Gasteiger partial charge on any atom is 0.170 e. The van der Waals surface area contributed by atoms with E-state index in [9.17, 15) is 0 Å². The minimum Gasteiger partial charge on any atom is -0.467 e. The van der Waals surface area contributed by atoms with Crippen molar-refractivity contribution in [3.63, 3.8) is 0 Å². The lowest BCUT2D eigenvalue weighted by molar-refractivity contribution is 0.278. The predicted molar refractivity (Wildman–Crippen MR) is 99.9 cm³/mol. The van der Waals surface area contributed by atoms with Gasteiger partial charge in [0.2, 0.25) is 0 Å². The van der Waals surface area contributed by atoms with E-state index in [-0.39, 0.29) is 12.1 Å². The lowest BCUT2D eigenvalue weighted by atomic mass is 10.0. The van der Waals surface area contributed by atoms with Gasteiger partial charge >= 0.3 is 0 Å². The van der Waals surface area contributed by atoms with Crippen LogP contribution in [0.3, 0.4) is 0 Å². The Morgan fingerprint density at radius 2 is 2.08 bits per heavy atom. The van der Waals surface area contributed by atoms with Gasteiger partial charge < -0.3 is 19.2 Å². The molecule has 0 amide bonds.